The summed E-state index contributed by atoms with van der Waals surface area (Å²) in [5.41, 5.74) is 1.28. The van der Waals surface area contributed by atoms with Gasteiger partial charge in [0.2, 0.25) is 11.8 Å². The Morgan fingerprint density at radius 2 is 1.62 bits per heavy atom. The highest BCUT2D eigenvalue weighted by Crippen LogP contribution is 2.41. The number of rotatable bonds is 8. The molecule has 2 aromatic carbocycles. The fourth-order valence-electron chi connectivity index (χ4n) is 2.97. The van der Waals surface area contributed by atoms with Crippen molar-refractivity contribution in [3.8, 4) is 17.5 Å². The van der Waals surface area contributed by atoms with Crippen LogP contribution in [0.5, 0.6) is 17.5 Å². The molecule has 3 aromatic rings. The van der Waals surface area contributed by atoms with Crippen molar-refractivity contribution >= 4 is 27.3 Å². The third-order valence-electron chi connectivity index (χ3n) is 4.48. The van der Waals surface area contributed by atoms with Crippen LogP contribution in [0.4, 0.5) is 11.4 Å². The van der Waals surface area contributed by atoms with Gasteiger partial charge < -0.3 is 14.2 Å². The molecule has 10 nitrogen and oxygen atoms in total. The molecule has 11 heteroatoms. The van der Waals surface area contributed by atoms with Gasteiger partial charge in [0.05, 0.1) is 37.5 Å². The molecular weight excluding hydrogens is 438 g/mol. The van der Waals surface area contributed by atoms with Gasteiger partial charge in [-0.1, -0.05) is 18.2 Å². The molecule has 0 bridgehead atoms. The molecule has 1 amide bonds. The van der Waals surface area contributed by atoms with Crippen LogP contribution in [0.1, 0.15) is 10.4 Å². The SMILES string of the molecule is COc1ccc(S(=O)(=O)N(c2ccccc2)c2c(C(=O)NO)cc(OC)nc2OC)cc1. The molecule has 32 heavy (non-hydrogen) atoms. The van der Waals surface area contributed by atoms with Crippen molar-refractivity contribution in [1.29, 1.82) is 0 Å². The lowest BCUT2D eigenvalue weighted by Crippen LogP contribution is -2.30. The third-order valence-corrected chi connectivity index (χ3v) is 6.22. The van der Waals surface area contributed by atoms with Crippen molar-refractivity contribution in [2.24, 2.45) is 0 Å². The minimum Gasteiger partial charge on any atom is -0.497 e. The maximum atomic E-state index is 13.8. The van der Waals surface area contributed by atoms with E-state index >= 15 is 0 Å². The summed E-state index contributed by atoms with van der Waals surface area (Å²) in [5.74, 6) is -0.730. The highest BCUT2D eigenvalue weighted by molar-refractivity contribution is 7.93. The van der Waals surface area contributed by atoms with E-state index in [1.54, 1.807) is 30.3 Å². The lowest BCUT2D eigenvalue weighted by molar-refractivity contribution is 0.0706. The molecule has 0 unspecified atom stereocenters. The molecule has 0 fully saturated rings. The zero-order valence-electron chi connectivity index (χ0n) is 17.5. The molecule has 3 rings (SSSR count). The molecule has 168 valence electrons. The van der Waals surface area contributed by atoms with Gasteiger partial charge >= 0.3 is 0 Å². The van der Waals surface area contributed by atoms with Crippen LogP contribution in [-0.4, -0.2) is 45.8 Å². The number of nitrogens with zero attached hydrogens (tertiary/aromatic N) is 2. The highest BCUT2D eigenvalue weighted by Gasteiger charge is 2.34. The van der Waals surface area contributed by atoms with E-state index in [0.29, 0.717) is 5.75 Å². The van der Waals surface area contributed by atoms with Crippen molar-refractivity contribution in [2.45, 2.75) is 4.90 Å². The lowest BCUT2D eigenvalue weighted by atomic mass is 10.2. The van der Waals surface area contributed by atoms with Crippen molar-refractivity contribution in [1.82, 2.24) is 10.5 Å². The second-order valence-corrected chi connectivity index (χ2v) is 8.08. The Labute approximate surface area is 185 Å². The number of ether oxygens (including phenoxy) is 3. The maximum Gasteiger partial charge on any atom is 0.277 e. The number of hydrogen-bond donors (Lipinski definition) is 2. The van der Waals surface area contributed by atoms with Crippen LogP contribution in [0.3, 0.4) is 0 Å². The van der Waals surface area contributed by atoms with Crippen LogP contribution in [0.2, 0.25) is 0 Å². The van der Waals surface area contributed by atoms with Crippen LogP contribution < -0.4 is 24.0 Å². The number of carbonyl (C=O) groups is 1. The van der Waals surface area contributed by atoms with Gasteiger partial charge in [-0.15, -0.1) is 0 Å². The Morgan fingerprint density at radius 3 is 2.16 bits per heavy atom. The first-order chi connectivity index (χ1) is 15.4. The number of nitrogens with one attached hydrogen (secondary N) is 1. The molecule has 2 N–H and O–H groups in total. The first-order valence-corrected chi connectivity index (χ1v) is 10.6. The van der Waals surface area contributed by atoms with Crippen LogP contribution >= 0.6 is 0 Å². The normalized spacial score (nSPS) is 10.9. The number of methoxy groups -OCH3 is 3. The lowest BCUT2D eigenvalue weighted by Gasteiger charge is -2.27. The summed E-state index contributed by atoms with van der Waals surface area (Å²) in [7, 11) is -0.230. The quantitative estimate of drug-likeness (QED) is 0.389. The smallest absolute Gasteiger partial charge is 0.277 e. The Bertz CT molecular complexity index is 1200. The Kier molecular flexibility index (Phi) is 6.81. The van der Waals surface area contributed by atoms with Gasteiger partial charge in [-0.05, 0) is 36.4 Å². The van der Waals surface area contributed by atoms with Crippen LogP contribution in [0.15, 0.2) is 65.6 Å². The molecule has 0 aliphatic heterocycles. The Balaban J connectivity index is 2.36. The van der Waals surface area contributed by atoms with E-state index in [4.69, 9.17) is 14.2 Å². The van der Waals surface area contributed by atoms with Gasteiger partial charge in [0.1, 0.15) is 11.4 Å². The maximum absolute atomic E-state index is 13.8. The summed E-state index contributed by atoms with van der Waals surface area (Å²) in [6, 6.07) is 15.0. The summed E-state index contributed by atoms with van der Waals surface area (Å²) in [6.07, 6.45) is 0. The molecule has 1 aromatic heterocycles. The van der Waals surface area contributed by atoms with Gasteiger partial charge in [-0.2, -0.15) is 4.98 Å². The summed E-state index contributed by atoms with van der Waals surface area (Å²) < 4.78 is 44.0. The van der Waals surface area contributed by atoms with E-state index < -0.39 is 15.9 Å². The monoisotopic (exact) mass is 459 g/mol. The van der Waals surface area contributed by atoms with Gasteiger partial charge in [0, 0.05) is 6.07 Å². The first kappa shape index (κ1) is 22.8. The van der Waals surface area contributed by atoms with Crippen LogP contribution in [0, 0.1) is 0 Å². The largest absolute Gasteiger partial charge is 0.497 e. The number of hydrogen-bond acceptors (Lipinski definition) is 8. The zero-order chi connectivity index (χ0) is 23.3. The zero-order valence-corrected chi connectivity index (χ0v) is 18.3. The number of pyridine rings is 1. The van der Waals surface area contributed by atoms with Crippen LogP contribution in [0.25, 0.3) is 0 Å². The van der Waals surface area contributed by atoms with Gasteiger partial charge in [-0.25, -0.2) is 18.2 Å². The third kappa shape index (κ3) is 4.29. The molecule has 0 radical (unpaired) electrons. The van der Waals surface area contributed by atoms with Gasteiger partial charge in [0.25, 0.3) is 15.9 Å². The molecule has 0 spiro atoms. The molecule has 1 heterocycles. The summed E-state index contributed by atoms with van der Waals surface area (Å²) in [6.45, 7) is 0. The second kappa shape index (κ2) is 9.54. The van der Waals surface area contributed by atoms with E-state index in [1.807, 2.05) is 0 Å². The number of para-hydroxylation sites is 1. The van der Waals surface area contributed by atoms with E-state index in [2.05, 4.69) is 4.98 Å². The minimum absolute atomic E-state index is 0.0148. The molecule has 0 aliphatic carbocycles. The Morgan fingerprint density at radius 1 is 0.969 bits per heavy atom. The fraction of sp³-hybridized carbons (Fsp3) is 0.143. The van der Waals surface area contributed by atoms with E-state index in [1.165, 1.54) is 57.1 Å². The van der Waals surface area contributed by atoms with E-state index in [-0.39, 0.29) is 33.6 Å². The van der Waals surface area contributed by atoms with Gasteiger partial charge in [-0.3, -0.25) is 10.0 Å². The molecule has 0 saturated carbocycles. The number of benzene rings is 2. The average molecular weight is 459 g/mol. The predicted octanol–water partition coefficient (Wildman–Crippen LogP) is 2.75. The molecule has 0 aliphatic rings. The average Bonchev–Trinajstić information content (AvgIpc) is 2.84. The number of anilines is 2. The predicted molar refractivity (Wildman–Crippen MR) is 115 cm³/mol. The number of amides is 1. The van der Waals surface area contributed by atoms with Crippen LogP contribution in [-0.2, 0) is 10.0 Å². The van der Waals surface area contributed by atoms with Crippen molar-refractivity contribution in [2.75, 3.05) is 25.6 Å². The summed E-state index contributed by atoms with van der Waals surface area (Å²) in [5, 5.41) is 9.29. The first-order valence-electron chi connectivity index (χ1n) is 9.19. The Hall–Kier alpha value is -3.83. The summed E-state index contributed by atoms with van der Waals surface area (Å²) >= 11 is 0. The number of hydroxylamine groups is 1. The van der Waals surface area contributed by atoms with Crippen molar-refractivity contribution < 1.29 is 32.6 Å². The highest BCUT2D eigenvalue weighted by atomic mass is 32.2. The number of sulfonamides is 1. The number of carbonyl (C=O) groups excluding carboxylic acids is 1. The van der Waals surface area contributed by atoms with Gasteiger partial charge in [0.15, 0.2) is 0 Å². The summed E-state index contributed by atoms with van der Waals surface area (Å²) in [4.78, 5) is 16.6. The van der Waals surface area contributed by atoms with E-state index in [9.17, 15) is 18.4 Å². The number of aromatic nitrogens is 1. The molecule has 0 atom stereocenters. The molecule has 0 saturated heterocycles. The fourth-order valence-corrected chi connectivity index (χ4v) is 4.48. The second-order valence-electron chi connectivity index (χ2n) is 6.29. The topological polar surface area (TPSA) is 127 Å². The molecular formula is C21H21N3O7S. The van der Waals surface area contributed by atoms with Crippen molar-refractivity contribution in [3.05, 3.63) is 66.2 Å². The standard InChI is InChI=1S/C21H21N3O7S/c1-29-15-9-11-16(12-10-15)32(27,28)24(14-7-5-4-6-8-14)19-17(20(25)23-26)13-18(30-2)22-21(19)31-3/h4-13,26H,1-3H3,(H,23,25). The minimum atomic E-state index is -4.29. The van der Waals surface area contributed by atoms with E-state index in [0.717, 1.165) is 4.31 Å². The van der Waals surface area contributed by atoms with Crippen molar-refractivity contribution in [3.63, 3.8) is 0 Å².